The fourth-order valence-electron chi connectivity index (χ4n) is 1.17. The number of phenolic OH excluding ortho intramolecular Hbond substituents is 2. The monoisotopic (exact) mass is 196 g/mol. The van der Waals surface area contributed by atoms with Crippen LogP contribution in [0.15, 0.2) is 6.07 Å². The summed E-state index contributed by atoms with van der Waals surface area (Å²) in [5.41, 5.74) is 0.345. The van der Waals surface area contributed by atoms with E-state index in [4.69, 9.17) is 4.74 Å². The highest BCUT2D eigenvalue weighted by Gasteiger charge is 2.14. The fraction of sp³-hybridized carbons (Fsp3) is 0.300. The minimum absolute atomic E-state index is 0.106. The molecule has 0 spiro atoms. The van der Waals surface area contributed by atoms with Crippen LogP contribution < -0.4 is 4.74 Å². The molecule has 2 N–H and O–H groups in total. The predicted octanol–water partition coefficient (Wildman–Crippen LogP) is 1.62. The van der Waals surface area contributed by atoms with Gasteiger partial charge in [0.2, 0.25) is 0 Å². The van der Waals surface area contributed by atoms with Gasteiger partial charge in [-0.05, 0) is 13.8 Å². The molecule has 1 aromatic rings. The summed E-state index contributed by atoms with van der Waals surface area (Å²) in [4.78, 5) is 10.5. The van der Waals surface area contributed by atoms with Crippen molar-refractivity contribution < 1.29 is 19.7 Å². The maximum atomic E-state index is 10.5. The lowest BCUT2D eigenvalue weighted by Gasteiger charge is -2.11. The summed E-state index contributed by atoms with van der Waals surface area (Å²) in [6, 6.07) is 1.32. The average molecular weight is 196 g/mol. The topological polar surface area (TPSA) is 66.8 Å². The Morgan fingerprint density at radius 2 is 2.14 bits per heavy atom. The Labute approximate surface area is 81.8 Å². The minimum atomic E-state index is -0.272. The zero-order valence-electron chi connectivity index (χ0n) is 8.07. The summed E-state index contributed by atoms with van der Waals surface area (Å²) < 4.78 is 5.16. The Kier molecular flexibility index (Phi) is 2.96. The van der Waals surface area contributed by atoms with Gasteiger partial charge >= 0.3 is 0 Å². The van der Waals surface area contributed by atoms with E-state index < -0.39 is 0 Å². The molecule has 14 heavy (non-hydrogen) atoms. The number of phenols is 2. The van der Waals surface area contributed by atoms with Gasteiger partial charge in [-0.3, -0.25) is 4.79 Å². The molecule has 0 saturated heterocycles. The standard InChI is InChI=1S/C10H12O4/c1-3-14-9-4-8(12)7(5-11)10(13)6(9)2/h4-5,12-13H,3H2,1-2H3. The summed E-state index contributed by atoms with van der Waals surface area (Å²) in [7, 11) is 0. The first-order valence-electron chi connectivity index (χ1n) is 4.25. The van der Waals surface area contributed by atoms with Crippen molar-refractivity contribution in [1.29, 1.82) is 0 Å². The van der Waals surface area contributed by atoms with Crippen LogP contribution in [0, 0.1) is 6.92 Å². The van der Waals surface area contributed by atoms with E-state index in [-0.39, 0.29) is 17.1 Å². The summed E-state index contributed by atoms with van der Waals surface area (Å²) in [5.74, 6) is -0.122. The molecule has 0 radical (unpaired) electrons. The molecule has 0 aliphatic carbocycles. The molecule has 4 nitrogen and oxygen atoms in total. The third-order valence-corrected chi connectivity index (χ3v) is 1.94. The molecule has 0 atom stereocenters. The van der Waals surface area contributed by atoms with Crippen LogP contribution in [0.5, 0.6) is 17.2 Å². The first kappa shape index (κ1) is 10.4. The lowest BCUT2D eigenvalue weighted by Crippen LogP contribution is -1.96. The van der Waals surface area contributed by atoms with Crippen LogP contribution in [0.4, 0.5) is 0 Å². The summed E-state index contributed by atoms with van der Waals surface area (Å²) in [6.45, 7) is 3.84. The van der Waals surface area contributed by atoms with Crippen molar-refractivity contribution in [3.63, 3.8) is 0 Å². The fourth-order valence-corrected chi connectivity index (χ4v) is 1.17. The number of hydrogen-bond donors (Lipinski definition) is 2. The Hall–Kier alpha value is -1.71. The molecule has 0 aliphatic rings. The van der Waals surface area contributed by atoms with E-state index in [0.717, 1.165) is 0 Å². The van der Waals surface area contributed by atoms with Crippen molar-refractivity contribution in [2.45, 2.75) is 13.8 Å². The summed E-state index contributed by atoms with van der Waals surface area (Å²) >= 11 is 0. The number of carbonyl (C=O) groups excluding carboxylic acids is 1. The predicted molar refractivity (Wildman–Crippen MR) is 51.1 cm³/mol. The molecule has 0 aliphatic heterocycles. The summed E-state index contributed by atoms with van der Waals surface area (Å²) in [5, 5.41) is 18.9. The molecule has 4 heteroatoms. The maximum absolute atomic E-state index is 10.5. The summed E-state index contributed by atoms with van der Waals surface area (Å²) in [6.07, 6.45) is 0.410. The van der Waals surface area contributed by atoms with Crippen LogP contribution >= 0.6 is 0 Å². The molecule has 1 aromatic carbocycles. The van der Waals surface area contributed by atoms with Gasteiger partial charge in [0.05, 0.1) is 12.2 Å². The number of hydrogen-bond acceptors (Lipinski definition) is 4. The highest BCUT2D eigenvalue weighted by atomic mass is 16.5. The van der Waals surface area contributed by atoms with Crippen molar-refractivity contribution in [2.24, 2.45) is 0 Å². The van der Waals surface area contributed by atoms with E-state index in [0.29, 0.717) is 24.2 Å². The van der Waals surface area contributed by atoms with Gasteiger partial charge in [0, 0.05) is 11.6 Å². The first-order valence-corrected chi connectivity index (χ1v) is 4.25. The quantitative estimate of drug-likeness (QED) is 0.721. The van der Waals surface area contributed by atoms with E-state index >= 15 is 0 Å². The number of carbonyl (C=O) groups is 1. The molecule has 0 fully saturated rings. The van der Waals surface area contributed by atoms with E-state index in [2.05, 4.69) is 0 Å². The van der Waals surface area contributed by atoms with Gasteiger partial charge in [-0.15, -0.1) is 0 Å². The van der Waals surface area contributed by atoms with E-state index in [1.165, 1.54) is 6.07 Å². The van der Waals surface area contributed by atoms with Gasteiger partial charge in [-0.25, -0.2) is 0 Å². The number of ether oxygens (including phenoxy) is 1. The van der Waals surface area contributed by atoms with Gasteiger partial charge in [-0.2, -0.15) is 0 Å². The molecular weight excluding hydrogens is 184 g/mol. The number of aromatic hydroxyl groups is 2. The molecule has 76 valence electrons. The van der Waals surface area contributed by atoms with Crippen LogP contribution in [-0.4, -0.2) is 23.1 Å². The van der Waals surface area contributed by atoms with Gasteiger partial charge in [-0.1, -0.05) is 0 Å². The van der Waals surface area contributed by atoms with Gasteiger partial charge < -0.3 is 14.9 Å². The molecular formula is C10H12O4. The van der Waals surface area contributed by atoms with E-state index in [9.17, 15) is 15.0 Å². The second-order valence-electron chi connectivity index (χ2n) is 2.83. The zero-order chi connectivity index (χ0) is 10.7. The minimum Gasteiger partial charge on any atom is -0.507 e. The molecule has 0 aromatic heterocycles. The number of aldehydes is 1. The molecule has 0 amide bonds. The molecule has 0 heterocycles. The normalized spacial score (nSPS) is 9.86. The Morgan fingerprint density at radius 1 is 1.50 bits per heavy atom. The van der Waals surface area contributed by atoms with E-state index in [1.807, 2.05) is 0 Å². The average Bonchev–Trinajstić information content (AvgIpc) is 2.15. The molecule has 0 bridgehead atoms. The second kappa shape index (κ2) is 4.00. The maximum Gasteiger partial charge on any atom is 0.157 e. The smallest absolute Gasteiger partial charge is 0.157 e. The Balaban J connectivity index is 3.32. The van der Waals surface area contributed by atoms with Crippen molar-refractivity contribution in [1.82, 2.24) is 0 Å². The van der Waals surface area contributed by atoms with Crippen LogP contribution in [0.25, 0.3) is 0 Å². The largest absolute Gasteiger partial charge is 0.507 e. The lowest BCUT2D eigenvalue weighted by atomic mass is 10.1. The molecule has 0 saturated carbocycles. The third-order valence-electron chi connectivity index (χ3n) is 1.94. The first-order chi connectivity index (χ1) is 6.61. The SMILES string of the molecule is CCOc1cc(O)c(C=O)c(O)c1C. The second-order valence-corrected chi connectivity index (χ2v) is 2.83. The lowest BCUT2D eigenvalue weighted by molar-refractivity contribution is 0.111. The highest BCUT2D eigenvalue weighted by molar-refractivity contribution is 5.85. The van der Waals surface area contributed by atoms with Crippen LogP contribution in [0.3, 0.4) is 0 Å². The van der Waals surface area contributed by atoms with Crippen molar-refractivity contribution in [3.05, 3.63) is 17.2 Å². The molecule has 1 rings (SSSR count). The van der Waals surface area contributed by atoms with Crippen LogP contribution in [0.1, 0.15) is 22.8 Å². The number of rotatable bonds is 3. The van der Waals surface area contributed by atoms with Gasteiger partial charge in [0.1, 0.15) is 17.2 Å². The highest BCUT2D eigenvalue weighted by Crippen LogP contribution is 2.36. The van der Waals surface area contributed by atoms with Gasteiger partial charge in [0.15, 0.2) is 6.29 Å². The van der Waals surface area contributed by atoms with Crippen molar-refractivity contribution >= 4 is 6.29 Å². The number of benzene rings is 1. The van der Waals surface area contributed by atoms with Crippen molar-refractivity contribution in [3.8, 4) is 17.2 Å². The Morgan fingerprint density at radius 3 is 2.64 bits per heavy atom. The zero-order valence-corrected chi connectivity index (χ0v) is 8.07. The van der Waals surface area contributed by atoms with Crippen LogP contribution in [0.2, 0.25) is 0 Å². The Bertz CT molecular complexity index is 358. The van der Waals surface area contributed by atoms with Crippen molar-refractivity contribution in [2.75, 3.05) is 6.61 Å². The molecule has 0 unspecified atom stereocenters. The van der Waals surface area contributed by atoms with E-state index in [1.54, 1.807) is 13.8 Å². The third kappa shape index (κ3) is 1.64. The van der Waals surface area contributed by atoms with Crippen LogP contribution in [-0.2, 0) is 0 Å². The van der Waals surface area contributed by atoms with Gasteiger partial charge in [0.25, 0.3) is 0 Å².